The van der Waals surface area contributed by atoms with Crippen molar-refractivity contribution in [3.8, 4) is 0 Å². The minimum absolute atomic E-state index is 0.124. The Kier molecular flexibility index (Phi) is 25.4. The van der Waals surface area contributed by atoms with Gasteiger partial charge in [-0.15, -0.1) is 0 Å². The maximum absolute atomic E-state index is 12.4. The van der Waals surface area contributed by atoms with Crippen molar-refractivity contribution in [2.75, 3.05) is 26.4 Å². The molecule has 1 atom stereocenters. The van der Waals surface area contributed by atoms with Gasteiger partial charge in [0.15, 0.2) is 5.25 Å². The van der Waals surface area contributed by atoms with Crippen molar-refractivity contribution in [2.24, 2.45) is 5.41 Å². The lowest BCUT2D eigenvalue weighted by atomic mass is 9.78. The van der Waals surface area contributed by atoms with Gasteiger partial charge in [-0.25, -0.2) is 0 Å². The highest BCUT2D eigenvalue weighted by molar-refractivity contribution is 7.87. The molecule has 0 heterocycles. The van der Waals surface area contributed by atoms with Crippen LogP contribution in [-0.4, -0.2) is 66.8 Å². The van der Waals surface area contributed by atoms with E-state index in [1.54, 1.807) is 0 Å². The van der Waals surface area contributed by atoms with Gasteiger partial charge in [0, 0.05) is 26.4 Å². The minimum Gasteiger partial charge on any atom is -0.481 e. The zero-order valence-electron chi connectivity index (χ0n) is 26.7. The number of rotatable bonds is 32. The normalized spacial score (nSPS) is 12.9. The fourth-order valence-electron chi connectivity index (χ4n) is 5.46. The lowest BCUT2D eigenvalue weighted by Crippen LogP contribution is -2.52. The highest BCUT2D eigenvalue weighted by Crippen LogP contribution is 2.36. The van der Waals surface area contributed by atoms with Crippen LogP contribution in [0.4, 0.5) is 0 Å². The molecule has 0 radical (unpaired) electrons. The van der Waals surface area contributed by atoms with Crippen LogP contribution in [0.3, 0.4) is 0 Å². The van der Waals surface area contributed by atoms with Crippen LogP contribution in [0.25, 0.3) is 0 Å². The van der Waals surface area contributed by atoms with Crippen molar-refractivity contribution >= 4 is 22.1 Å². The zero-order valence-corrected chi connectivity index (χ0v) is 27.5. The van der Waals surface area contributed by atoms with Gasteiger partial charge in [0.1, 0.15) is 5.41 Å². The molecule has 0 spiro atoms. The van der Waals surface area contributed by atoms with Gasteiger partial charge in [0.25, 0.3) is 10.1 Å². The van der Waals surface area contributed by atoms with Crippen molar-refractivity contribution in [3.05, 3.63) is 0 Å². The third kappa shape index (κ3) is 19.9. The fraction of sp³-hybridized carbons (Fsp3) is 0.938. The van der Waals surface area contributed by atoms with Crippen molar-refractivity contribution in [1.82, 2.24) is 0 Å². The summed E-state index contributed by atoms with van der Waals surface area (Å²) in [7, 11) is -5.19. The Morgan fingerprint density at radius 1 is 0.571 bits per heavy atom. The second-order valence-corrected chi connectivity index (χ2v) is 13.3. The summed E-state index contributed by atoms with van der Waals surface area (Å²) in [6.07, 6.45) is 22.6. The summed E-state index contributed by atoms with van der Waals surface area (Å²) in [5.41, 5.74) is -2.27. The summed E-state index contributed by atoms with van der Waals surface area (Å²) in [5, 5.41) is 17.1. The average molecular weight is 623 g/mol. The molecule has 0 aromatic carbocycles. The number of carboxylic acids is 2. The molecule has 0 aromatic rings. The van der Waals surface area contributed by atoms with E-state index in [1.165, 1.54) is 89.9 Å². The molecule has 1 unspecified atom stereocenters. The number of ether oxygens (including phenoxy) is 2. The van der Waals surface area contributed by atoms with Crippen molar-refractivity contribution in [1.29, 1.82) is 0 Å². The fourth-order valence-corrected chi connectivity index (χ4v) is 6.62. The Morgan fingerprint density at radius 2 is 0.881 bits per heavy atom. The third-order valence-electron chi connectivity index (χ3n) is 8.12. The molecule has 250 valence electrons. The van der Waals surface area contributed by atoms with Gasteiger partial charge in [-0.3, -0.25) is 14.1 Å². The quantitative estimate of drug-likeness (QED) is 0.0500. The molecule has 0 amide bonds. The number of aliphatic carboxylic acids is 2. The molecule has 0 aliphatic heterocycles. The van der Waals surface area contributed by atoms with Gasteiger partial charge < -0.3 is 19.7 Å². The van der Waals surface area contributed by atoms with Gasteiger partial charge in [-0.2, -0.15) is 8.42 Å². The van der Waals surface area contributed by atoms with E-state index in [9.17, 15) is 32.8 Å². The number of carboxylic acid groups (broad SMARTS) is 2. The van der Waals surface area contributed by atoms with Crippen molar-refractivity contribution in [2.45, 2.75) is 160 Å². The molecular formula is C32H62O9S. The maximum Gasteiger partial charge on any atom is 0.325 e. The van der Waals surface area contributed by atoms with Gasteiger partial charge in [0.2, 0.25) is 0 Å². The van der Waals surface area contributed by atoms with Crippen molar-refractivity contribution in [3.63, 3.8) is 0 Å². The summed E-state index contributed by atoms with van der Waals surface area (Å²) in [6, 6.07) is 0. The molecule has 3 N–H and O–H groups in total. The van der Waals surface area contributed by atoms with E-state index in [0.717, 1.165) is 38.5 Å². The molecule has 0 aliphatic carbocycles. The first-order valence-electron chi connectivity index (χ1n) is 16.7. The molecule has 0 fully saturated rings. The molecular weight excluding hydrogens is 560 g/mol. The molecule has 0 rings (SSSR count). The average Bonchev–Trinajstić information content (AvgIpc) is 2.92. The topological polar surface area (TPSA) is 147 Å². The zero-order chi connectivity index (χ0) is 31.5. The lowest BCUT2D eigenvalue weighted by Gasteiger charge is -2.33. The number of unbranched alkanes of at least 4 members (excludes halogenated alkanes) is 18. The molecule has 0 aromatic heterocycles. The van der Waals surface area contributed by atoms with Gasteiger partial charge in [0.05, 0.1) is 0 Å². The van der Waals surface area contributed by atoms with Crippen LogP contribution in [0.5, 0.6) is 0 Å². The molecule has 9 nitrogen and oxygen atoms in total. The Labute approximate surface area is 256 Å². The second-order valence-electron chi connectivity index (χ2n) is 11.8. The summed E-state index contributed by atoms with van der Waals surface area (Å²) in [6.45, 7) is 4.92. The summed E-state index contributed by atoms with van der Waals surface area (Å²) >= 11 is 0. The number of hydrogen-bond acceptors (Lipinski definition) is 6. The van der Waals surface area contributed by atoms with Crippen LogP contribution in [0.15, 0.2) is 0 Å². The van der Waals surface area contributed by atoms with E-state index in [-0.39, 0.29) is 26.1 Å². The highest BCUT2D eigenvalue weighted by Gasteiger charge is 2.55. The van der Waals surface area contributed by atoms with Gasteiger partial charge in [-0.1, -0.05) is 129 Å². The van der Waals surface area contributed by atoms with Crippen LogP contribution in [0, 0.1) is 5.41 Å². The predicted octanol–water partition coefficient (Wildman–Crippen LogP) is 8.05. The van der Waals surface area contributed by atoms with Crippen LogP contribution in [0.1, 0.15) is 155 Å². The largest absolute Gasteiger partial charge is 0.481 e. The third-order valence-corrected chi connectivity index (χ3v) is 9.37. The van der Waals surface area contributed by atoms with Gasteiger partial charge >= 0.3 is 11.9 Å². The van der Waals surface area contributed by atoms with E-state index in [2.05, 4.69) is 13.8 Å². The van der Waals surface area contributed by atoms with Crippen molar-refractivity contribution < 1.29 is 42.2 Å². The first kappa shape index (κ1) is 40.8. The summed E-state index contributed by atoms with van der Waals surface area (Å²) < 4.78 is 44.9. The summed E-state index contributed by atoms with van der Waals surface area (Å²) in [4.78, 5) is 24.2. The molecule has 0 aliphatic rings. The first-order chi connectivity index (χ1) is 20.1. The smallest absolute Gasteiger partial charge is 0.325 e. The minimum atomic E-state index is -5.19. The van der Waals surface area contributed by atoms with E-state index >= 15 is 0 Å². The monoisotopic (exact) mass is 622 g/mol. The standard InChI is InChI=1S/C32H62O9S/c1-3-5-7-9-11-13-15-17-19-21-25-40-27-23-32(31(35)36,29(30(33)34)42(37,38)39)24-28-41-26-22-20-18-16-14-12-10-8-6-4-2/h29H,3-28H2,1-2H3,(H,33,34)(H,35,36)(H,37,38,39). The number of carbonyl (C=O) groups is 2. The SMILES string of the molecule is CCCCCCCCCCCCOCCC(CCOCCCCCCCCCCCC)(C(=O)O)C(C(=O)O)S(=O)(=O)O. The van der Waals surface area contributed by atoms with E-state index in [0.29, 0.717) is 13.2 Å². The Morgan fingerprint density at radius 3 is 1.14 bits per heavy atom. The lowest BCUT2D eigenvalue weighted by molar-refractivity contribution is -0.158. The highest BCUT2D eigenvalue weighted by atomic mass is 32.2. The second kappa shape index (κ2) is 26.2. The molecule has 0 bridgehead atoms. The summed E-state index contributed by atoms with van der Waals surface area (Å²) in [5.74, 6) is -3.50. The Balaban J connectivity index is 4.58. The predicted molar refractivity (Wildman–Crippen MR) is 168 cm³/mol. The van der Waals surface area contributed by atoms with Crippen LogP contribution >= 0.6 is 0 Å². The Hall–Kier alpha value is -1.23. The van der Waals surface area contributed by atoms with Crippen LogP contribution < -0.4 is 0 Å². The van der Waals surface area contributed by atoms with E-state index in [4.69, 9.17) is 9.47 Å². The first-order valence-corrected chi connectivity index (χ1v) is 18.2. The Bertz CT molecular complexity index is 740. The molecule has 0 saturated heterocycles. The number of hydrogen-bond donors (Lipinski definition) is 3. The molecule has 0 saturated carbocycles. The van der Waals surface area contributed by atoms with E-state index < -0.39 is 32.7 Å². The van der Waals surface area contributed by atoms with Crippen LogP contribution in [-0.2, 0) is 29.2 Å². The molecule has 42 heavy (non-hydrogen) atoms. The van der Waals surface area contributed by atoms with Crippen LogP contribution in [0.2, 0.25) is 0 Å². The van der Waals surface area contributed by atoms with E-state index in [1.807, 2.05) is 0 Å². The maximum atomic E-state index is 12.4. The molecule has 10 heteroatoms. The van der Waals surface area contributed by atoms with Gasteiger partial charge in [-0.05, 0) is 25.7 Å².